The van der Waals surface area contributed by atoms with Crippen LogP contribution in [-0.4, -0.2) is 0 Å². The van der Waals surface area contributed by atoms with Gasteiger partial charge in [0.1, 0.15) is 0 Å². The van der Waals surface area contributed by atoms with Crippen LogP contribution in [0.5, 0.6) is 0 Å². The molecule has 0 fully saturated rings. The van der Waals surface area contributed by atoms with Gasteiger partial charge >= 0.3 is 0 Å². The minimum atomic E-state index is 0.414. The van der Waals surface area contributed by atoms with E-state index < -0.39 is 0 Å². The zero-order chi connectivity index (χ0) is 8.43. The Bertz CT molecular complexity index is 254. The van der Waals surface area contributed by atoms with Gasteiger partial charge in [0.2, 0.25) is 0 Å². The van der Waals surface area contributed by atoms with Crippen molar-refractivity contribution in [3.8, 4) is 0 Å². The van der Waals surface area contributed by atoms with Crippen molar-refractivity contribution in [2.45, 2.75) is 18.7 Å². The van der Waals surface area contributed by atoms with E-state index >= 15 is 0 Å². The third-order valence-corrected chi connectivity index (χ3v) is 2.80. The monoisotopic (exact) mass is 276 g/mol. The highest BCUT2D eigenvalue weighted by molar-refractivity contribution is 9.11. The third kappa shape index (κ3) is 2.31. The van der Waals surface area contributed by atoms with Gasteiger partial charge in [-0.3, -0.25) is 0 Å². The molecule has 2 heteroatoms. The summed E-state index contributed by atoms with van der Waals surface area (Å²) in [6, 6.07) is 6.37. The van der Waals surface area contributed by atoms with Crippen molar-refractivity contribution in [3.63, 3.8) is 0 Å². The van der Waals surface area contributed by atoms with Gasteiger partial charge in [-0.05, 0) is 25.5 Å². The molecule has 0 aliphatic carbocycles. The molecule has 1 rings (SSSR count). The Morgan fingerprint density at radius 1 is 1.36 bits per heavy atom. The van der Waals surface area contributed by atoms with Gasteiger partial charge in [-0.2, -0.15) is 0 Å². The molecule has 1 aromatic carbocycles. The van der Waals surface area contributed by atoms with Gasteiger partial charge in [0.25, 0.3) is 0 Å². The van der Waals surface area contributed by atoms with Crippen molar-refractivity contribution in [2.24, 2.45) is 0 Å². The zero-order valence-corrected chi connectivity index (χ0v) is 9.74. The number of alkyl halides is 1. The van der Waals surface area contributed by atoms with Crippen molar-refractivity contribution in [1.29, 1.82) is 0 Å². The van der Waals surface area contributed by atoms with Gasteiger partial charge < -0.3 is 0 Å². The molecule has 0 aromatic heterocycles. The van der Waals surface area contributed by atoms with Crippen LogP contribution in [0.25, 0.3) is 0 Å². The summed E-state index contributed by atoms with van der Waals surface area (Å²) in [4.78, 5) is 0.414. The predicted octanol–water partition coefficient (Wildman–Crippen LogP) is 4.21. The summed E-state index contributed by atoms with van der Waals surface area (Å²) in [5.41, 5.74) is 2.61. The van der Waals surface area contributed by atoms with Gasteiger partial charge in [-0.25, -0.2) is 0 Å². The van der Waals surface area contributed by atoms with E-state index in [9.17, 15) is 0 Å². The summed E-state index contributed by atoms with van der Waals surface area (Å²) in [5, 5.41) is 0. The fourth-order valence-electron chi connectivity index (χ4n) is 0.968. The number of benzene rings is 1. The van der Waals surface area contributed by atoms with E-state index in [0.717, 1.165) is 0 Å². The maximum absolute atomic E-state index is 3.54. The molecule has 0 bridgehead atoms. The van der Waals surface area contributed by atoms with Gasteiger partial charge in [0, 0.05) is 9.30 Å². The van der Waals surface area contributed by atoms with E-state index in [1.807, 2.05) is 0 Å². The van der Waals surface area contributed by atoms with Crippen LogP contribution in [-0.2, 0) is 0 Å². The number of aryl methyl sites for hydroxylation is 1. The van der Waals surface area contributed by atoms with Gasteiger partial charge in [0.05, 0.1) is 0 Å². The van der Waals surface area contributed by atoms with E-state index in [1.165, 1.54) is 15.6 Å². The first-order chi connectivity index (χ1) is 5.11. The van der Waals surface area contributed by atoms with Crippen molar-refractivity contribution >= 4 is 31.9 Å². The molecule has 0 aliphatic heterocycles. The summed E-state index contributed by atoms with van der Waals surface area (Å²) in [6.45, 7) is 4.23. The molecule has 1 unspecified atom stereocenters. The van der Waals surface area contributed by atoms with E-state index in [4.69, 9.17) is 0 Å². The summed E-state index contributed by atoms with van der Waals surface area (Å²) in [5.74, 6) is 0. The zero-order valence-electron chi connectivity index (χ0n) is 6.57. The van der Waals surface area contributed by atoms with Gasteiger partial charge in [0.15, 0.2) is 0 Å². The molecule has 0 saturated heterocycles. The second-order valence-corrected chi connectivity index (χ2v) is 4.87. The molecule has 1 atom stereocenters. The Balaban J connectivity index is 3.13. The summed E-state index contributed by atoms with van der Waals surface area (Å²) < 4.78 is 1.17. The number of hydrogen-bond donors (Lipinski definition) is 0. The first-order valence-electron chi connectivity index (χ1n) is 3.51. The molecule has 11 heavy (non-hydrogen) atoms. The van der Waals surface area contributed by atoms with E-state index in [1.54, 1.807) is 0 Å². The molecule has 0 heterocycles. The van der Waals surface area contributed by atoms with Gasteiger partial charge in [-0.1, -0.05) is 49.6 Å². The van der Waals surface area contributed by atoms with Crippen molar-refractivity contribution in [2.75, 3.05) is 0 Å². The molecule has 0 aliphatic rings. The van der Waals surface area contributed by atoms with Crippen LogP contribution in [0.2, 0.25) is 0 Å². The van der Waals surface area contributed by atoms with Crippen LogP contribution in [0, 0.1) is 6.92 Å². The Labute approximate surface area is 84.3 Å². The van der Waals surface area contributed by atoms with Crippen molar-refractivity contribution in [1.82, 2.24) is 0 Å². The lowest BCUT2D eigenvalue weighted by Gasteiger charge is -2.06. The second-order valence-electron chi connectivity index (χ2n) is 2.64. The summed E-state index contributed by atoms with van der Waals surface area (Å²) in [6.07, 6.45) is 0. The number of halogens is 2. The maximum Gasteiger partial charge on any atom is 0.0378 e. The highest BCUT2D eigenvalue weighted by Crippen LogP contribution is 2.29. The van der Waals surface area contributed by atoms with Crippen molar-refractivity contribution in [3.05, 3.63) is 33.8 Å². The largest absolute Gasteiger partial charge is 0.0841 e. The van der Waals surface area contributed by atoms with Crippen LogP contribution < -0.4 is 0 Å². The molecule has 0 amide bonds. The fraction of sp³-hybridized carbons (Fsp3) is 0.333. The standard InChI is InChI=1S/C9H10Br2/c1-6-3-4-9(11)8(5-6)7(2)10/h3-5,7H,1-2H3. The Morgan fingerprint density at radius 3 is 2.45 bits per heavy atom. The van der Waals surface area contributed by atoms with Crippen LogP contribution in [0.1, 0.15) is 22.9 Å². The Morgan fingerprint density at radius 2 is 2.00 bits per heavy atom. The molecular formula is C9H10Br2. The van der Waals surface area contributed by atoms with Crippen LogP contribution in [0.4, 0.5) is 0 Å². The topological polar surface area (TPSA) is 0 Å². The number of rotatable bonds is 1. The lowest BCUT2D eigenvalue weighted by Crippen LogP contribution is -1.86. The first-order valence-corrected chi connectivity index (χ1v) is 5.22. The smallest absolute Gasteiger partial charge is 0.0378 e. The highest BCUT2D eigenvalue weighted by atomic mass is 79.9. The second kappa shape index (κ2) is 3.72. The predicted molar refractivity (Wildman–Crippen MR) is 56.2 cm³/mol. The molecule has 0 N–H and O–H groups in total. The molecule has 60 valence electrons. The lowest BCUT2D eigenvalue weighted by atomic mass is 10.1. The van der Waals surface area contributed by atoms with Crippen LogP contribution >= 0.6 is 31.9 Å². The minimum Gasteiger partial charge on any atom is -0.0841 e. The molecule has 0 saturated carbocycles. The van der Waals surface area contributed by atoms with E-state index in [-0.39, 0.29) is 0 Å². The summed E-state index contributed by atoms with van der Waals surface area (Å²) in [7, 11) is 0. The minimum absolute atomic E-state index is 0.414. The molecule has 0 radical (unpaired) electrons. The fourth-order valence-corrected chi connectivity index (χ4v) is 2.24. The van der Waals surface area contributed by atoms with E-state index in [0.29, 0.717) is 4.83 Å². The summed E-state index contributed by atoms with van der Waals surface area (Å²) >= 11 is 7.04. The third-order valence-electron chi connectivity index (χ3n) is 1.58. The average molecular weight is 278 g/mol. The number of hydrogen-bond acceptors (Lipinski definition) is 0. The lowest BCUT2D eigenvalue weighted by molar-refractivity contribution is 1.10. The molecule has 1 aromatic rings. The van der Waals surface area contributed by atoms with Crippen LogP contribution in [0.15, 0.2) is 22.7 Å². The van der Waals surface area contributed by atoms with E-state index in [2.05, 4.69) is 63.9 Å². The normalized spacial score (nSPS) is 13.1. The Hall–Kier alpha value is 0.180. The van der Waals surface area contributed by atoms with Crippen LogP contribution in [0.3, 0.4) is 0 Å². The molecule has 0 spiro atoms. The van der Waals surface area contributed by atoms with Gasteiger partial charge in [-0.15, -0.1) is 0 Å². The Kier molecular flexibility index (Phi) is 3.14. The highest BCUT2D eigenvalue weighted by Gasteiger charge is 2.04. The van der Waals surface area contributed by atoms with Crippen molar-refractivity contribution < 1.29 is 0 Å². The maximum atomic E-state index is 3.54. The quantitative estimate of drug-likeness (QED) is 0.675. The molecular weight excluding hydrogens is 268 g/mol. The molecule has 0 nitrogen and oxygen atoms in total. The SMILES string of the molecule is Cc1ccc(Br)c(C(C)Br)c1. The average Bonchev–Trinajstić information content (AvgIpc) is 1.94. The first kappa shape index (κ1) is 9.27.